The Morgan fingerprint density at radius 3 is 2.59 bits per heavy atom. The van der Waals surface area contributed by atoms with Crippen LogP contribution in [0, 0.1) is 11.6 Å². The molecule has 10 heteroatoms. The Morgan fingerprint density at radius 1 is 1.16 bits per heavy atom. The van der Waals surface area contributed by atoms with Gasteiger partial charge in [0.25, 0.3) is 0 Å². The molecule has 2 aromatic carbocycles. The molecule has 1 aliphatic rings. The maximum Gasteiger partial charge on any atom is 0.305 e. The molecule has 0 radical (unpaired) electrons. The van der Waals surface area contributed by atoms with Gasteiger partial charge in [-0.3, -0.25) is 4.79 Å². The molecular formula is C22H21ClF2N4O3. The van der Waals surface area contributed by atoms with E-state index in [2.05, 4.69) is 15.3 Å². The fourth-order valence-corrected chi connectivity index (χ4v) is 4.16. The normalized spacial score (nSPS) is 14.0. The number of piperidine rings is 1. The number of nitrogens with zero attached hydrogens (tertiary/aromatic N) is 3. The number of anilines is 2. The Bertz CT molecular complexity index is 1170. The molecule has 3 N–H and O–H groups in total. The topological polar surface area (TPSA) is 98.6 Å². The summed E-state index contributed by atoms with van der Waals surface area (Å²) >= 11 is 6.38. The largest absolute Gasteiger partial charge is 0.507 e. The van der Waals surface area contributed by atoms with Gasteiger partial charge in [-0.25, -0.2) is 13.8 Å². The Kier molecular flexibility index (Phi) is 6.27. The number of halogens is 3. The number of carboxylic acid groups (broad SMARTS) is 1. The predicted molar refractivity (Wildman–Crippen MR) is 118 cm³/mol. The first-order valence-electron chi connectivity index (χ1n) is 10.2. The second kappa shape index (κ2) is 9.12. The van der Waals surface area contributed by atoms with Crippen molar-refractivity contribution in [3.63, 3.8) is 0 Å². The van der Waals surface area contributed by atoms with Crippen molar-refractivity contribution in [2.24, 2.45) is 0 Å². The van der Waals surface area contributed by atoms with Crippen molar-refractivity contribution in [2.45, 2.75) is 25.7 Å². The molecule has 3 aromatic rings. The molecule has 1 aliphatic heterocycles. The highest BCUT2D eigenvalue weighted by Gasteiger charge is 2.25. The van der Waals surface area contributed by atoms with Crippen molar-refractivity contribution in [1.82, 2.24) is 9.97 Å². The average molecular weight is 463 g/mol. The Balaban J connectivity index is 1.91. The molecule has 0 spiro atoms. The van der Waals surface area contributed by atoms with E-state index in [1.165, 1.54) is 18.2 Å². The van der Waals surface area contributed by atoms with Crippen LogP contribution in [-0.4, -0.2) is 45.8 Å². The lowest BCUT2D eigenvalue weighted by atomic mass is 10.0. The van der Waals surface area contributed by atoms with Gasteiger partial charge in [0.15, 0.2) is 5.82 Å². The minimum absolute atomic E-state index is 0.0520. The van der Waals surface area contributed by atoms with Gasteiger partial charge in [-0.1, -0.05) is 17.7 Å². The molecule has 2 heterocycles. The molecule has 1 fully saturated rings. The summed E-state index contributed by atoms with van der Waals surface area (Å²) in [5.41, 5.74) is -0.745. The van der Waals surface area contributed by atoms with Crippen molar-refractivity contribution in [2.75, 3.05) is 29.9 Å². The summed E-state index contributed by atoms with van der Waals surface area (Å²) in [5.74, 6) is -2.63. The number of aromatic nitrogens is 2. The zero-order chi connectivity index (χ0) is 22.8. The van der Waals surface area contributed by atoms with Crippen LogP contribution in [0.2, 0.25) is 5.02 Å². The van der Waals surface area contributed by atoms with Crippen LogP contribution < -0.4 is 10.2 Å². The van der Waals surface area contributed by atoms with Gasteiger partial charge in [0.1, 0.15) is 22.9 Å². The fourth-order valence-electron chi connectivity index (χ4n) is 3.88. The molecule has 4 rings (SSSR count). The van der Waals surface area contributed by atoms with E-state index in [4.69, 9.17) is 16.7 Å². The number of fused-ring (bicyclic) bond motifs is 1. The van der Waals surface area contributed by atoms with E-state index in [1.54, 1.807) is 0 Å². The molecule has 1 aromatic heterocycles. The quantitative estimate of drug-likeness (QED) is 0.483. The highest BCUT2D eigenvalue weighted by Crippen LogP contribution is 2.42. The van der Waals surface area contributed by atoms with Crippen LogP contribution in [0.5, 0.6) is 5.75 Å². The summed E-state index contributed by atoms with van der Waals surface area (Å²) in [6, 6.07) is 5.14. The third-order valence-electron chi connectivity index (χ3n) is 5.38. The lowest BCUT2D eigenvalue weighted by Gasteiger charge is -2.29. The van der Waals surface area contributed by atoms with Crippen LogP contribution in [0.15, 0.2) is 24.3 Å². The standard InChI is InChI=1S/C22H21ClF2N4O3/c23-13-11-12-20(19(25)17(13)18-14(24)5-4-6-15(18)30)27-22(26-8-7-16(31)32)28-21(12)29-9-2-1-3-10-29/h4-6,11,30H,1-3,7-10H2,(H,31,32)(H,26,27,28). The van der Waals surface area contributed by atoms with Gasteiger partial charge in [-0.15, -0.1) is 0 Å². The summed E-state index contributed by atoms with van der Waals surface area (Å²) in [7, 11) is 0. The van der Waals surface area contributed by atoms with Gasteiger partial charge >= 0.3 is 5.97 Å². The summed E-state index contributed by atoms with van der Waals surface area (Å²) in [6.07, 6.45) is 2.81. The molecule has 0 amide bonds. The van der Waals surface area contributed by atoms with E-state index >= 15 is 4.39 Å². The lowest BCUT2D eigenvalue weighted by molar-refractivity contribution is -0.136. The van der Waals surface area contributed by atoms with Crippen molar-refractivity contribution in [1.29, 1.82) is 0 Å². The summed E-state index contributed by atoms with van der Waals surface area (Å²) in [6.45, 7) is 1.49. The minimum atomic E-state index is -0.996. The van der Waals surface area contributed by atoms with Crippen LogP contribution in [-0.2, 0) is 4.79 Å². The molecule has 1 saturated heterocycles. The molecule has 0 bridgehead atoms. The molecule has 0 saturated carbocycles. The molecule has 0 aliphatic carbocycles. The Hall–Kier alpha value is -3.20. The zero-order valence-corrected chi connectivity index (χ0v) is 17.8. The fraction of sp³-hybridized carbons (Fsp3) is 0.318. The number of hydrogen-bond acceptors (Lipinski definition) is 6. The maximum atomic E-state index is 15.8. The molecule has 0 unspecified atom stereocenters. The summed E-state index contributed by atoms with van der Waals surface area (Å²) < 4.78 is 30.3. The van der Waals surface area contributed by atoms with E-state index in [0.717, 1.165) is 38.4 Å². The first kappa shape index (κ1) is 22.0. The van der Waals surface area contributed by atoms with Crippen molar-refractivity contribution in [3.05, 3.63) is 40.9 Å². The lowest BCUT2D eigenvalue weighted by Crippen LogP contribution is -2.30. The van der Waals surface area contributed by atoms with Gasteiger partial charge in [-0.05, 0) is 37.5 Å². The van der Waals surface area contributed by atoms with E-state index in [9.17, 15) is 14.3 Å². The van der Waals surface area contributed by atoms with Crippen LogP contribution in [0.25, 0.3) is 22.0 Å². The number of nitrogens with one attached hydrogen (secondary N) is 1. The number of aromatic hydroxyl groups is 1. The van der Waals surface area contributed by atoms with Gasteiger partial charge in [-0.2, -0.15) is 4.98 Å². The van der Waals surface area contributed by atoms with Crippen LogP contribution in [0.4, 0.5) is 20.5 Å². The monoisotopic (exact) mass is 462 g/mol. The van der Waals surface area contributed by atoms with E-state index in [0.29, 0.717) is 11.2 Å². The molecule has 32 heavy (non-hydrogen) atoms. The maximum absolute atomic E-state index is 15.8. The van der Waals surface area contributed by atoms with Gasteiger partial charge < -0.3 is 20.4 Å². The summed E-state index contributed by atoms with van der Waals surface area (Å²) in [4.78, 5) is 21.6. The average Bonchev–Trinajstić information content (AvgIpc) is 2.76. The number of carboxylic acids is 1. The number of hydrogen-bond donors (Lipinski definition) is 3. The number of phenolic OH excluding ortho intramolecular Hbond substituents is 1. The molecule has 168 valence electrons. The van der Waals surface area contributed by atoms with Crippen molar-refractivity contribution in [3.8, 4) is 16.9 Å². The highest BCUT2D eigenvalue weighted by atomic mass is 35.5. The Morgan fingerprint density at radius 2 is 1.91 bits per heavy atom. The van der Waals surface area contributed by atoms with E-state index in [-0.39, 0.29) is 40.6 Å². The SMILES string of the molecule is O=C(O)CCNc1nc(N2CCCCC2)c2cc(Cl)c(-c3c(O)cccc3F)c(F)c2n1. The molecular weight excluding hydrogens is 442 g/mol. The van der Waals surface area contributed by atoms with E-state index in [1.807, 2.05) is 4.90 Å². The number of aliphatic carboxylic acids is 1. The summed E-state index contributed by atoms with van der Waals surface area (Å²) in [5, 5.41) is 22.2. The number of benzene rings is 2. The number of phenols is 1. The first-order chi connectivity index (χ1) is 15.4. The highest BCUT2D eigenvalue weighted by molar-refractivity contribution is 6.34. The second-order valence-corrected chi connectivity index (χ2v) is 7.97. The molecule has 7 nitrogen and oxygen atoms in total. The number of carbonyl (C=O) groups is 1. The van der Waals surface area contributed by atoms with Crippen LogP contribution in [0.3, 0.4) is 0 Å². The van der Waals surface area contributed by atoms with Crippen molar-refractivity contribution < 1.29 is 23.8 Å². The van der Waals surface area contributed by atoms with E-state index < -0.39 is 23.4 Å². The second-order valence-electron chi connectivity index (χ2n) is 7.57. The smallest absolute Gasteiger partial charge is 0.305 e. The van der Waals surface area contributed by atoms with Crippen LogP contribution in [0.1, 0.15) is 25.7 Å². The zero-order valence-electron chi connectivity index (χ0n) is 17.0. The minimum Gasteiger partial charge on any atom is -0.507 e. The molecule has 0 atom stereocenters. The van der Waals surface area contributed by atoms with Gasteiger partial charge in [0, 0.05) is 30.6 Å². The Labute approximate surface area is 187 Å². The first-order valence-corrected chi connectivity index (χ1v) is 10.6. The van der Waals surface area contributed by atoms with Gasteiger partial charge in [0.2, 0.25) is 5.95 Å². The third-order valence-corrected chi connectivity index (χ3v) is 5.68. The van der Waals surface area contributed by atoms with Gasteiger partial charge in [0.05, 0.1) is 17.0 Å². The third kappa shape index (κ3) is 4.25. The van der Waals surface area contributed by atoms with Crippen LogP contribution >= 0.6 is 11.6 Å². The van der Waals surface area contributed by atoms with Crippen molar-refractivity contribution >= 4 is 40.2 Å². The number of rotatable bonds is 6. The predicted octanol–water partition coefficient (Wildman–Crippen LogP) is 4.81.